The summed E-state index contributed by atoms with van der Waals surface area (Å²) in [4.78, 5) is 0. The number of hydrogen-bond acceptors (Lipinski definition) is 3. The maximum atomic E-state index is 5.69. The summed E-state index contributed by atoms with van der Waals surface area (Å²) in [6.07, 6.45) is 0. The fourth-order valence-electron chi connectivity index (χ4n) is 1.80. The van der Waals surface area contributed by atoms with Crippen molar-refractivity contribution >= 4 is 29.7 Å². The van der Waals surface area contributed by atoms with Crippen LogP contribution in [0.2, 0.25) is 0 Å². The van der Waals surface area contributed by atoms with E-state index in [1.807, 2.05) is 48.5 Å². The van der Waals surface area contributed by atoms with Gasteiger partial charge in [-0.05, 0) is 23.9 Å². The average molecular weight is 280 g/mol. The molecule has 2 nitrogen and oxygen atoms in total. The molecule has 0 atom stereocenters. The fourth-order valence-corrected chi connectivity index (χ4v) is 3.67. The Balaban J connectivity index is 2.32. The van der Waals surface area contributed by atoms with Gasteiger partial charge in [-0.1, -0.05) is 48.6 Å². The Labute approximate surface area is 110 Å². The summed E-state index contributed by atoms with van der Waals surface area (Å²) in [5.74, 6) is 1.46. The normalized spacial score (nSPS) is 15.8. The predicted octanol–water partition coefficient (Wildman–Crippen LogP) is 4.28. The molecule has 0 aliphatic carbocycles. The monoisotopic (exact) mass is 280 g/mol. The minimum atomic E-state index is -2.57. The highest BCUT2D eigenvalue weighted by atomic mass is 32.9. The zero-order valence-electron chi connectivity index (χ0n) is 8.74. The van der Waals surface area contributed by atoms with Crippen LogP contribution in [-0.4, -0.2) is 0 Å². The van der Waals surface area contributed by atoms with Crippen molar-refractivity contribution in [3.8, 4) is 22.6 Å². The lowest BCUT2D eigenvalue weighted by atomic mass is 10.0. The molecule has 0 bridgehead atoms. The van der Waals surface area contributed by atoms with E-state index in [4.69, 9.17) is 20.9 Å². The van der Waals surface area contributed by atoms with Crippen LogP contribution in [0.4, 0.5) is 0 Å². The number of para-hydroxylation sites is 2. The van der Waals surface area contributed by atoms with E-state index in [0.29, 0.717) is 0 Å². The van der Waals surface area contributed by atoms with Gasteiger partial charge in [-0.3, -0.25) is 0 Å². The fraction of sp³-hybridized carbons (Fsp3) is 0. The van der Waals surface area contributed by atoms with Crippen LogP contribution >= 0.6 is 17.9 Å². The topological polar surface area (TPSA) is 18.5 Å². The van der Waals surface area contributed by atoms with Gasteiger partial charge in [-0.2, -0.15) is 0 Å². The zero-order valence-corrected chi connectivity index (χ0v) is 11.3. The largest absolute Gasteiger partial charge is 0.428 e. The lowest BCUT2D eigenvalue weighted by Gasteiger charge is -2.15. The molecule has 1 aliphatic rings. The van der Waals surface area contributed by atoms with Gasteiger partial charge in [0.1, 0.15) is 11.5 Å². The third-order valence-corrected chi connectivity index (χ3v) is 4.28. The summed E-state index contributed by atoms with van der Waals surface area (Å²) >= 11 is 9.58. The molecule has 1 aliphatic heterocycles. The van der Waals surface area contributed by atoms with Crippen LogP contribution in [0, 0.1) is 0 Å². The van der Waals surface area contributed by atoms with Gasteiger partial charge in [0.25, 0.3) is 0 Å². The Bertz CT molecular complexity index is 576. The van der Waals surface area contributed by atoms with Crippen LogP contribution in [0.5, 0.6) is 11.5 Å². The second-order valence-electron chi connectivity index (χ2n) is 3.64. The van der Waals surface area contributed by atoms with Gasteiger partial charge in [-0.25, -0.2) is 0 Å². The van der Waals surface area contributed by atoms with Crippen molar-refractivity contribution in [2.24, 2.45) is 0 Å². The number of thiol groups is 1. The molecule has 3 rings (SSSR count). The first-order valence-corrected chi connectivity index (χ1v) is 8.85. The summed E-state index contributed by atoms with van der Waals surface area (Å²) in [7, 11) is 0. The Morgan fingerprint density at radius 3 is 1.71 bits per heavy atom. The number of hydrogen-bond donors (Lipinski definition) is 1. The number of fused-ring (bicyclic) bond motifs is 3. The molecular formula is C12H9O2PS2. The van der Waals surface area contributed by atoms with E-state index < -0.39 is 5.69 Å². The first-order valence-electron chi connectivity index (χ1n) is 5.06. The van der Waals surface area contributed by atoms with Crippen molar-refractivity contribution in [3.05, 3.63) is 48.5 Å². The van der Waals surface area contributed by atoms with Gasteiger partial charge in [-0.15, -0.1) is 0 Å². The second-order valence-corrected chi connectivity index (χ2v) is 8.78. The van der Waals surface area contributed by atoms with E-state index in [2.05, 4.69) is 12.2 Å². The lowest BCUT2D eigenvalue weighted by Crippen LogP contribution is -1.91. The molecule has 0 saturated heterocycles. The van der Waals surface area contributed by atoms with E-state index in [0.717, 1.165) is 22.6 Å². The van der Waals surface area contributed by atoms with Crippen LogP contribution in [-0.2, 0) is 11.8 Å². The van der Waals surface area contributed by atoms with Gasteiger partial charge < -0.3 is 9.05 Å². The van der Waals surface area contributed by atoms with Crippen molar-refractivity contribution in [2.75, 3.05) is 0 Å². The summed E-state index contributed by atoms with van der Waals surface area (Å²) in [6.45, 7) is 0. The van der Waals surface area contributed by atoms with Crippen LogP contribution in [0.1, 0.15) is 0 Å². The maximum Gasteiger partial charge on any atom is 0.345 e. The van der Waals surface area contributed by atoms with Crippen LogP contribution in [0.15, 0.2) is 48.5 Å². The molecule has 0 N–H and O–H groups in total. The van der Waals surface area contributed by atoms with Crippen LogP contribution in [0.25, 0.3) is 11.1 Å². The standard InChI is InChI=1S/C12H9O2PS2/c16-15(17)13-11-7-3-1-5-9(11)10-6-2-4-8-12(10)14-15/h1-8H,(H,16,17). The van der Waals surface area contributed by atoms with Gasteiger partial charge in [0.15, 0.2) is 0 Å². The van der Waals surface area contributed by atoms with E-state index >= 15 is 0 Å². The molecule has 17 heavy (non-hydrogen) atoms. The third-order valence-electron chi connectivity index (χ3n) is 2.49. The first kappa shape index (κ1) is 11.1. The van der Waals surface area contributed by atoms with Crippen molar-refractivity contribution < 1.29 is 9.05 Å². The van der Waals surface area contributed by atoms with Crippen molar-refractivity contribution in [3.63, 3.8) is 0 Å². The van der Waals surface area contributed by atoms with E-state index in [1.54, 1.807) is 0 Å². The van der Waals surface area contributed by atoms with Crippen molar-refractivity contribution in [1.82, 2.24) is 0 Å². The number of rotatable bonds is 0. The highest BCUT2D eigenvalue weighted by Gasteiger charge is 2.25. The second kappa shape index (κ2) is 4.05. The van der Waals surface area contributed by atoms with Gasteiger partial charge in [0.2, 0.25) is 0 Å². The van der Waals surface area contributed by atoms with Crippen molar-refractivity contribution in [2.45, 2.75) is 0 Å². The lowest BCUT2D eigenvalue weighted by molar-refractivity contribution is 0.517. The van der Waals surface area contributed by atoms with Crippen LogP contribution in [0.3, 0.4) is 0 Å². The molecule has 1 heterocycles. The first-order chi connectivity index (χ1) is 8.16. The van der Waals surface area contributed by atoms with Gasteiger partial charge in [0, 0.05) is 11.1 Å². The summed E-state index contributed by atoms with van der Waals surface area (Å²) in [5.41, 5.74) is -0.587. The van der Waals surface area contributed by atoms with E-state index in [-0.39, 0.29) is 0 Å². The molecule has 2 aromatic carbocycles. The molecule has 0 fully saturated rings. The predicted molar refractivity (Wildman–Crippen MR) is 76.4 cm³/mol. The molecule has 0 saturated carbocycles. The Hall–Kier alpha value is -0.960. The molecule has 0 aromatic heterocycles. The molecule has 0 amide bonds. The summed E-state index contributed by atoms with van der Waals surface area (Å²) in [5, 5.41) is 0. The van der Waals surface area contributed by atoms with E-state index in [1.165, 1.54) is 0 Å². The third kappa shape index (κ3) is 2.08. The maximum absolute atomic E-state index is 5.69. The molecule has 0 radical (unpaired) electrons. The molecule has 0 unspecified atom stereocenters. The van der Waals surface area contributed by atoms with Crippen molar-refractivity contribution in [1.29, 1.82) is 0 Å². The molecule has 0 spiro atoms. The Morgan fingerprint density at radius 2 is 1.24 bits per heavy atom. The minimum absolute atomic E-state index is 0.732. The SMILES string of the molecule is S=P1(S)Oc2ccccc2-c2ccccc2O1. The van der Waals surface area contributed by atoms with Crippen LogP contribution < -0.4 is 9.05 Å². The average Bonchev–Trinajstić information content (AvgIpc) is 2.40. The van der Waals surface area contributed by atoms with Gasteiger partial charge >= 0.3 is 5.69 Å². The summed E-state index contributed by atoms with van der Waals surface area (Å²) in [6, 6.07) is 15.5. The molecule has 2 aromatic rings. The highest BCUT2D eigenvalue weighted by Crippen LogP contribution is 2.58. The Morgan fingerprint density at radius 1 is 0.824 bits per heavy atom. The van der Waals surface area contributed by atoms with E-state index in [9.17, 15) is 0 Å². The minimum Gasteiger partial charge on any atom is -0.428 e. The molecular weight excluding hydrogens is 271 g/mol. The molecule has 86 valence electrons. The highest BCUT2D eigenvalue weighted by molar-refractivity contribution is 8.60. The number of benzene rings is 2. The van der Waals surface area contributed by atoms with Gasteiger partial charge in [0.05, 0.1) is 0 Å². The summed E-state index contributed by atoms with van der Waals surface area (Å²) < 4.78 is 11.4. The zero-order chi connectivity index (χ0) is 11.9. The quantitative estimate of drug-likeness (QED) is 0.574. The Kier molecular flexibility index (Phi) is 2.66. The molecule has 5 heteroatoms. The smallest absolute Gasteiger partial charge is 0.345 e.